The minimum atomic E-state index is -3.84. The highest BCUT2D eigenvalue weighted by Crippen LogP contribution is 2.45. The molecule has 1 aliphatic carbocycles. The summed E-state index contributed by atoms with van der Waals surface area (Å²) in [6, 6.07) is 11.5. The number of methoxy groups -OCH3 is 1. The van der Waals surface area contributed by atoms with Gasteiger partial charge in [-0.05, 0) is 48.7 Å². The molecule has 0 spiro atoms. The second-order valence-electron chi connectivity index (χ2n) is 10.8. The number of halogens is 1. The summed E-state index contributed by atoms with van der Waals surface area (Å²) in [6.45, 7) is 3.49. The highest BCUT2D eigenvalue weighted by molar-refractivity contribution is 7.87. The molecule has 2 fully saturated rings. The summed E-state index contributed by atoms with van der Waals surface area (Å²) in [7, 11) is -2.59. The van der Waals surface area contributed by atoms with Gasteiger partial charge in [-0.15, -0.1) is 0 Å². The highest BCUT2D eigenvalue weighted by Gasteiger charge is 2.39. The Hall–Kier alpha value is -3.65. The molecule has 2 aromatic carbocycles. The molecular weight excluding hydrogens is 584 g/mol. The lowest BCUT2D eigenvalue weighted by atomic mass is 10.1. The molecule has 14 heteroatoms. The zero-order valence-corrected chi connectivity index (χ0v) is 24.9. The van der Waals surface area contributed by atoms with Gasteiger partial charge in [0.25, 0.3) is 10.2 Å². The zero-order chi connectivity index (χ0) is 30.1. The van der Waals surface area contributed by atoms with Gasteiger partial charge in [0.15, 0.2) is 0 Å². The van der Waals surface area contributed by atoms with Crippen molar-refractivity contribution >= 4 is 39.2 Å². The van der Waals surface area contributed by atoms with Crippen LogP contribution in [0.25, 0.3) is 5.69 Å². The standard InChI is InChI=1S/C28H33ClN6O6S/c1-28(8-9-28)18-41-25-24(17-31-35(26(25)36)21-5-3-4-20(29)15-21)33-10-12-34(13-11-33)42(38,39)32-16-19-6-7-23(30)22(14-19)27(37)40-2/h3-7,14-15,17,32H,8-13,16,18,30H2,1-2H3. The third-order valence-corrected chi connectivity index (χ3v) is 9.33. The van der Waals surface area contributed by atoms with E-state index >= 15 is 0 Å². The molecule has 12 nitrogen and oxygen atoms in total. The monoisotopic (exact) mass is 616 g/mol. The van der Waals surface area contributed by atoms with E-state index in [9.17, 15) is 18.0 Å². The Morgan fingerprint density at radius 1 is 1.14 bits per heavy atom. The number of piperazine rings is 1. The maximum Gasteiger partial charge on any atom is 0.339 e. The maximum atomic E-state index is 13.6. The second kappa shape index (κ2) is 11.9. The Morgan fingerprint density at radius 3 is 2.55 bits per heavy atom. The molecule has 0 atom stereocenters. The van der Waals surface area contributed by atoms with E-state index < -0.39 is 21.7 Å². The van der Waals surface area contributed by atoms with Gasteiger partial charge in [-0.25, -0.2) is 4.79 Å². The molecular formula is C28H33ClN6O6S. The van der Waals surface area contributed by atoms with E-state index in [2.05, 4.69) is 16.7 Å². The fourth-order valence-electron chi connectivity index (χ4n) is 4.62. The molecule has 3 aromatic rings. The first-order valence-electron chi connectivity index (χ1n) is 13.5. The fraction of sp³-hybridized carbons (Fsp3) is 0.393. The van der Waals surface area contributed by atoms with Crippen LogP contribution in [0.5, 0.6) is 5.75 Å². The summed E-state index contributed by atoms with van der Waals surface area (Å²) in [5.74, 6) is -0.421. The number of nitrogens with zero attached hydrogens (tertiary/aromatic N) is 4. The average molecular weight is 617 g/mol. The van der Waals surface area contributed by atoms with Crippen LogP contribution in [0.3, 0.4) is 0 Å². The Kier molecular flexibility index (Phi) is 8.46. The summed E-state index contributed by atoms with van der Waals surface area (Å²) in [5, 5.41) is 4.86. The molecule has 0 bridgehead atoms. The molecule has 0 amide bonds. The molecule has 1 saturated carbocycles. The van der Waals surface area contributed by atoms with Gasteiger partial charge in [-0.2, -0.15) is 27.2 Å². The summed E-state index contributed by atoms with van der Waals surface area (Å²) in [5.41, 5.74) is 7.47. The molecule has 224 valence electrons. The van der Waals surface area contributed by atoms with Gasteiger partial charge < -0.3 is 20.1 Å². The molecule has 2 heterocycles. The summed E-state index contributed by atoms with van der Waals surface area (Å²) < 4.78 is 42.2. The van der Waals surface area contributed by atoms with Crippen LogP contribution >= 0.6 is 11.6 Å². The molecule has 1 saturated heterocycles. The number of nitrogens with two attached hydrogens (primary N) is 1. The Morgan fingerprint density at radius 2 is 1.88 bits per heavy atom. The number of anilines is 2. The molecule has 1 aliphatic heterocycles. The number of carbonyl (C=O) groups is 1. The molecule has 0 radical (unpaired) electrons. The van der Waals surface area contributed by atoms with E-state index in [0.29, 0.717) is 41.7 Å². The van der Waals surface area contributed by atoms with Crippen LogP contribution in [-0.4, -0.2) is 68.4 Å². The van der Waals surface area contributed by atoms with Crippen LogP contribution in [0, 0.1) is 5.41 Å². The van der Waals surface area contributed by atoms with Gasteiger partial charge in [-0.3, -0.25) is 4.79 Å². The number of hydrogen-bond acceptors (Lipinski definition) is 9. The third kappa shape index (κ3) is 6.54. The first kappa shape index (κ1) is 29.8. The average Bonchev–Trinajstić information content (AvgIpc) is 3.72. The molecule has 2 aliphatic rings. The quantitative estimate of drug-likeness (QED) is 0.259. The van der Waals surface area contributed by atoms with Crippen molar-refractivity contribution in [2.75, 3.05) is 50.5 Å². The predicted molar refractivity (Wildman–Crippen MR) is 159 cm³/mol. The minimum Gasteiger partial charge on any atom is -0.486 e. The third-order valence-electron chi connectivity index (χ3n) is 7.54. The van der Waals surface area contributed by atoms with E-state index in [1.165, 1.54) is 28.2 Å². The molecule has 42 heavy (non-hydrogen) atoms. The van der Waals surface area contributed by atoms with Gasteiger partial charge in [0.1, 0.15) is 5.69 Å². The van der Waals surface area contributed by atoms with Crippen LogP contribution in [0.4, 0.5) is 11.4 Å². The SMILES string of the molecule is COC(=O)c1cc(CNS(=O)(=O)N2CCN(c3cnn(-c4cccc(Cl)c4)c(=O)c3OCC3(C)CC3)CC2)ccc1N. The second-order valence-corrected chi connectivity index (χ2v) is 13.0. The van der Waals surface area contributed by atoms with Crippen LogP contribution in [0.15, 0.2) is 53.5 Å². The largest absolute Gasteiger partial charge is 0.486 e. The number of esters is 1. The lowest BCUT2D eigenvalue weighted by molar-refractivity contribution is 0.0602. The number of carbonyl (C=O) groups excluding carboxylic acids is 1. The Labute approximate surface area is 249 Å². The highest BCUT2D eigenvalue weighted by atomic mass is 35.5. The number of hydrogen-bond donors (Lipinski definition) is 2. The lowest BCUT2D eigenvalue weighted by Gasteiger charge is -2.35. The number of nitrogens with one attached hydrogen (secondary N) is 1. The lowest BCUT2D eigenvalue weighted by Crippen LogP contribution is -2.52. The van der Waals surface area contributed by atoms with E-state index in [4.69, 9.17) is 26.8 Å². The van der Waals surface area contributed by atoms with E-state index in [1.54, 1.807) is 36.5 Å². The molecule has 0 unspecified atom stereocenters. The van der Waals surface area contributed by atoms with Crippen LogP contribution in [-0.2, 0) is 21.5 Å². The number of benzene rings is 2. The van der Waals surface area contributed by atoms with Crippen molar-refractivity contribution in [2.24, 2.45) is 5.41 Å². The van der Waals surface area contributed by atoms with Gasteiger partial charge in [0.05, 0.1) is 31.2 Å². The smallest absolute Gasteiger partial charge is 0.339 e. The Bertz CT molecular complexity index is 1650. The zero-order valence-electron chi connectivity index (χ0n) is 23.4. The minimum absolute atomic E-state index is 0.0325. The van der Waals surface area contributed by atoms with Crippen LogP contribution < -0.4 is 25.7 Å². The first-order valence-corrected chi connectivity index (χ1v) is 15.3. The van der Waals surface area contributed by atoms with Crippen molar-refractivity contribution < 1.29 is 22.7 Å². The Balaban J connectivity index is 1.30. The van der Waals surface area contributed by atoms with E-state index in [-0.39, 0.29) is 42.0 Å². The van der Waals surface area contributed by atoms with Crippen molar-refractivity contribution in [2.45, 2.75) is 26.3 Å². The molecule has 5 rings (SSSR count). The number of rotatable bonds is 10. The van der Waals surface area contributed by atoms with Crippen LogP contribution in [0.1, 0.15) is 35.7 Å². The van der Waals surface area contributed by atoms with Crippen molar-refractivity contribution in [1.82, 2.24) is 18.8 Å². The number of aromatic nitrogens is 2. The van der Waals surface area contributed by atoms with Gasteiger partial charge in [0, 0.05) is 48.8 Å². The summed E-state index contributed by atoms with van der Waals surface area (Å²) >= 11 is 6.14. The molecule has 3 N–H and O–H groups in total. The predicted octanol–water partition coefficient (Wildman–Crippen LogP) is 2.59. The van der Waals surface area contributed by atoms with Crippen molar-refractivity contribution in [3.05, 3.63) is 75.2 Å². The van der Waals surface area contributed by atoms with E-state index in [0.717, 1.165) is 12.8 Å². The van der Waals surface area contributed by atoms with Crippen molar-refractivity contribution in [1.29, 1.82) is 0 Å². The maximum absolute atomic E-state index is 13.6. The van der Waals surface area contributed by atoms with Gasteiger partial charge in [-0.1, -0.05) is 30.7 Å². The van der Waals surface area contributed by atoms with Crippen LogP contribution in [0.2, 0.25) is 5.02 Å². The topological polar surface area (TPSA) is 149 Å². The number of ether oxygens (including phenoxy) is 2. The van der Waals surface area contributed by atoms with Gasteiger partial charge >= 0.3 is 11.5 Å². The van der Waals surface area contributed by atoms with Crippen molar-refractivity contribution in [3.63, 3.8) is 0 Å². The molecule has 1 aromatic heterocycles. The fourth-order valence-corrected chi connectivity index (χ4v) is 5.98. The first-order chi connectivity index (χ1) is 20.0. The van der Waals surface area contributed by atoms with Gasteiger partial charge in [0.2, 0.25) is 5.75 Å². The number of nitrogen functional groups attached to an aromatic ring is 1. The summed E-state index contributed by atoms with van der Waals surface area (Å²) in [4.78, 5) is 27.4. The summed E-state index contributed by atoms with van der Waals surface area (Å²) in [6.07, 6.45) is 3.63. The normalized spacial score (nSPS) is 16.7. The van der Waals surface area contributed by atoms with E-state index in [1.807, 2.05) is 4.90 Å². The van der Waals surface area contributed by atoms with Crippen molar-refractivity contribution in [3.8, 4) is 11.4 Å².